The van der Waals surface area contributed by atoms with Crippen molar-refractivity contribution in [2.45, 2.75) is 26.8 Å². The first-order chi connectivity index (χ1) is 14.6. The molecule has 4 rings (SSSR count). The van der Waals surface area contributed by atoms with Crippen molar-refractivity contribution in [3.05, 3.63) is 71.8 Å². The van der Waals surface area contributed by atoms with E-state index in [0.29, 0.717) is 17.0 Å². The number of rotatable bonds is 5. The van der Waals surface area contributed by atoms with E-state index in [9.17, 15) is 13.2 Å². The van der Waals surface area contributed by atoms with Gasteiger partial charge in [-0.1, -0.05) is 30.3 Å². The molecule has 0 unspecified atom stereocenters. The number of hydrogen-bond donors (Lipinski definition) is 1. The summed E-state index contributed by atoms with van der Waals surface area (Å²) in [6.45, 7) is 5.29. The zero-order valence-electron chi connectivity index (χ0n) is 17.8. The molecule has 160 valence electrons. The van der Waals surface area contributed by atoms with E-state index in [2.05, 4.69) is 5.32 Å². The van der Waals surface area contributed by atoms with Gasteiger partial charge in [-0.05, 0) is 56.2 Å². The summed E-state index contributed by atoms with van der Waals surface area (Å²) in [6, 6.07) is 17.8. The lowest BCUT2D eigenvalue weighted by Crippen LogP contribution is -2.45. The predicted molar refractivity (Wildman–Crippen MR) is 125 cm³/mol. The molecule has 0 saturated heterocycles. The Labute approximate surface area is 181 Å². The number of furan rings is 1. The highest BCUT2D eigenvalue weighted by atomic mass is 32.2. The molecule has 1 aromatic heterocycles. The number of para-hydroxylation sites is 1. The van der Waals surface area contributed by atoms with Crippen molar-refractivity contribution in [2.24, 2.45) is 0 Å². The number of benzene rings is 3. The number of carbonyl (C=O) groups is 1. The van der Waals surface area contributed by atoms with Gasteiger partial charge in [0.2, 0.25) is 15.9 Å². The Bertz CT molecular complexity index is 1410. The van der Waals surface area contributed by atoms with Crippen LogP contribution in [-0.2, 0) is 14.8 Å². The van der Waals surface area contributed by atoms with Crippen molar-refractivity contribution in [3.8, 4) is 0 Å². The largest absolute Gasteiger partial charge is 0.456 e. The second-order valence-corrected chi connectivity index (χ2v) is 9.68. The van der Waals surface area contributed by atoms with Crippen LogP contribution in [0.2, 0.25) is 0 Å². The zero-order valence-corrected chi connectivity index (χ0v) is 18.7. The summed E-state index contributed by atoms with van der Waals surface area (Å²) in [6.07, 6.45) is 1.11. The summed E-state index contributed by atoms with van der Waals surface area (Å²) in [4.78, 5) is 13.0. The average molecular weight is 437 g/mol. The minimum Gasteiger partial charge on any atom is -0.456 e. The summed E-state index contributed by atoms with van der Waals surface area (Å²) in [5.41, 5.74) is 4.15. The van der Waals surface area contributed by atoms with Gasteiger partial charge >= 0.3 is 0 Å². The number of nitrogens with zero attached hydrogens (tertiary/aromatic N) is 1. The monoisotopic (exact) mass is 436 g/mol. The lowest BCUT2D eigenvalue weighted by molar-refractivity contribution is -0.116. The SMILES string of the molecule is Cc1ccc(C)c(N([C@H](C)C(=O)Nc2ccc3c(c2)oc2ccccc23)S(C)(=O)=O)c1. The molecule has 4 aromatic rings. The number of anilines is 2. The Kier molecular flexibility index (Phi) is 5.23. The van der Waals surface area contributed by atoms with E-state index in [1.165, 1.54) is 4.31 Å². The molecule has 0 spiro atoms. The maximum atomic E-state index is 13.0. The predicted octanol–water partition coefficient (Wildman–Crippen LogP) is 5.00. The van der Waals surface area contributed by atoms with Gasteiger partial charge in [-0.25, -0.2) is 8.42 Å². The number of nitrogens with one attached hydrogen (secondary N) is 1. The Morgan fingerprint density at radius 3 is 2.42 bits per heavy atom. The van der Waals surface area contributed by atoms with E-state index < -0.39 is 22.0 Å². The van der Waals surface area contributed by atoms with Gasteiger partial charge in [0.05, 0.1) is 11.9 Å². The van der Waals surface area contributed by atoms with Crippen LogP contribution in [0.5, 0.6) is 0 Å². The van der Waals surface area contributed by atoms with Gasteiger partial charge in [0.15, 0.2) is 0 Å². The molecule has 0 fully saturated rings. The fourth-order valence-electron chi connectivity index (χ4n) is 3.79. The summed E-state index contributed by atoms with van der Waals surface area (Å²) in [5.74, 6) is -0.429. The fourth-order valence-corrected chi connectivity index (χ4v) is 5.01. The summed E-state index contributed by atoms with van der Waals surface area (Å²) in [7, 11) is -3.69. The number of carbonyl (C=O) groups excluding carboxylic acids is 1. The molecule has 0 aliphatic heterocycles. The topological polar surface area (TPSA) is 79.6 Å². The fraction of sp³-hybridized carbons (Fsp3) is 0.208. The number of fused-ring (bicyclic) bond motifs is 3. The molecule has 3 aromatic carbocycles. The van der Waals surface area contributed by atoms with Crippen molar-refractivity contribution in [1.82, 2.24) is 0 Å². The number of amides is 1. The first kappa shape index (κ1) is 20.9. The minimum atomic E-state index is -3.69. The molecule has 1 atom stereocenters. The molecule has 0 aliphatic rings. The molecular weight excluding hydrogens is 412 g/mol. The molecule has 1 heterocycles. The van der Waals surface area contributed by atoms with E-state index in [1.807, 2.05) is 56.3 Å². The van der Waals surface area contributed by atoms with Crippen LogP contribution in [0, 0.1) is 13.8 Å². The van der Waals surface area contributed by atoms with Crippen molar-refractivity contribution in [2.75, 3.05) is 15.9 Å². The van der Waals surface area contributed by atoms with Gasteiger partial charge in [0.1, 0.15) is 17.2 Å². The van der Waals surface area contributed by atoms with Crippen molar-refractivity contribution in [3.63, 3.8) is 0 Å². The minimum absolute atomic E-state index is 0.429. The highest BCUT2D eigenvalue weighted by Gasteiger charge is 2.30. The van der Waals surface area contributed by atoms with Crippen LogP contribution in [0.25, 0.3) is 21.9 Å². The molecule has 31 heavy (non-hydrogen) atoms. The third-order valence-electron chi connectivity index (χ3n) is 5.34. The molecule has 0 radical (unpaired) electrons. The van der Waals surface area contributed by atoms with Gasteiger partial charge < -0.3 is 9.73 Å². The number of sulfonamides is 1. The van der Waals surface area contributed by atoms with Crippen LogP contribution >= 0.6 is 0 Å². The Morgan fingerprint density at radius 1 is 0.968 bits per heavy atom. The Hall–Kier alpha value is -3.32. The van der Waals surface area contributed by atoms with E-state index in [-0.39, 0.29) is 0 Å². The van der Waals surface area contributed by atoms with E-state index in [1.54, 1.807) is 25.1 Å². The first-order valence-electron chi connectivity index (χ1n) is 9.94. The standard InChI is InChI=1S/C24H24N2O4S/c1-15-9-10-16(2)21(13-15)26(31(4,28)29)17(3)24(27)25-18-11-12-20-19-7-5-6-8-22(19)30-23(20)14-18/h5-14,17H,1-4H3,(H,25,27)/t17-/m1/s1. The molecule has 6 nitrogen and oxygen atoms in total. The van der Waals surface area contributed by atoms with Crippen LogP contribution in [0.1, 0.15) is 18.1 Å². The number of hydrogen-bond acceptors (Lipinski definition) is 4. The average Bonchev–Trinajstić information content (AvgIpc) is 3.07. The van der Waals surface area contributed by atoms with Crippen LogP contribution in [0.4, 0.5) is 11.4 Å². The second kappa shape index (κ2) is 7.74. The third-order valence-corrected chi connectivity index (χ3v) is 6.56. The van der Waals surface area contributed by atoms with Crippen LogP contribution in [0.3, 0.4) is 0 Å². The summed E-state index contributed by atoms with van der Waals surface area (Å²) >= 11 is 0. The van der Waals surface area contributed by atoms with E-state index in [4.69, 9.17) is 4.42 Å². The molecule has 0 aliphatic carbocycles. The molecule has 1 amide bonds. The lowest BCUT2D eigenvalue weighted by atomic mass is 10.1. The Morgan fingerprint density at radius 2 is 1.68 bits per heavy atom. The Balaban J connectivity index is 1.66. The second-order valence-electron chi connectivity index (χ2n) is 7.82. The van der Waals surface area contributed by atoms with E-state index >= 15 is 0 Å². The van der Waals surface area contributed by atoms with Crippen LogP contribution in [-0.4, -0.2) is 26.6 Å². The first-order valence-corrected chi connectivity index (χ1v) is 11.8. The quantitative estimate of drug-likeness (QED) is 0.478. The van der Waals surface area contributed by atoms with Gasteiger partial charge in [0.25, 0.3) is 0 Å². The van der Waals surface area contributed by atoms with Crippen LogP contribution < -0.4 is 9.62 Å². The molecular formula is C24H24N2O4S. The zero-order chi connectivity index (χ0) is 22.3. The van der Waals surface area contributed by atoms with Gasteiger partial charge in [-0.2, -0.15) is 0 Å². The molecule has 1 N–H and O–H groups in total. The van der Waals surface area contributed by atoms with Crippen molar-refractivity contribution < 1.29 is 17.6 Å². The highest BCUT2D eigenvalue weighted by Crippen LogP contribution is 2.31. The van der Waals surface area contributed by atoms with Gasteiger partial charge in [0, 0.05) is 22.5 Å². The highest BCUT2D eigenvalue weighted by molar-refractivity contribution is 7.92. The summed E-state index contributed by atoms with van der Waals surface area (Å²) < 4.78 is 32.2. The normalized spacial score (nSPS) is 12.8. The smallest absolute Gasteiger partial charge is 0.247 e. The molecule has 0 saturated carbocycles. The number of aryl methyl sites for hydroxylation is 2. The maximum Gasteiger partial charge on any atom is 0.247 e. The molecule has 0 bridgehead atoms. The van der Waals surface area contributed by atoms with Gasteiger partial charge in [-0.3, -0.25) is 9.10 Å². The van der Waals surface area contributed by atoms with Crippen molar-refractivity contribution in [1.29, 1.82) is 0 Å². The third kappa shape index (κ3) is 4.01. The maximum absolute atomic E-state index is 13.0. The summed E-state index contributed by atoms with van der Waals surface area (Å²) in [5, 5.41) is 4.78. The van der Waals surface area contributed by atoms with Crippen molar-refractivity contribution >= 4 is 49.2 Å². The molecule has 7 heteroatoms. The van der Waals surface area contributed by atoms with Crippen LogP contribution in [0.15, 0.2) is 65.1 Å². The van der Waals surface area contributed by atoms with Gasteiger partial charge in [-0.15, -0.1) is 0 Å². The van der Waals surface area contributed by atoms with E-state index in [0.717, 1.165) is 33.7 Å². The lowest BCUT2D eigenvalue weighted by Gasteiger charge is -2.29.